The van der Waals surface area contributed by atoms with Gasteiger partial charge in [-0.15, -0.1) is 0 Å². The highest BCUT2D eigenvalue weighted by Crippen LogP contribution is 2.38. The van der Waals surface area contributed by atoms with Crippen LogP contribution in [0.15, 0.2) is 35.5 Å². The number of carbonyl (C=O) groups is 1. The van der Waals surface area contributed by atoms with Crippen molar-refractivity contribution in [1.82, 2.24) is 19.9 Å². The number of aryl methyl sites for hydroxylation is 1. The minimum Gasteiger partial charge on any atom is -0.352 e. The molecular weight excluding hydrogens is 342 g/mol. The van der Waals surface area contributed by atoms with E-state index in [2.05, 4.69) is 15.3 Å². The minimum atomic E-state index is -0.0492. The standard InChI is InChI=1S/C20H25N5O2/c1-2-24-12-9-22-18(20(24)27)25-10-6-16(7-11-25)23-19(26)15-5-8-21-17(13-15)14-3-4-14/h5,8-9,12-14,16H,2-4,6-7,10-11H2,1H3,(H,23,26). The van der Waals surface area contributed by atoms with E-state index in [1.807, 2.05) is 17.9 Å². The van der Waals surface area contributed by atoms with Crippen LogP contribution in [0, 0.1) is 0 Å². The summed E-state index contributed by atoms with van der Waals surface area (Å²) in [5, 5.41) is 3.13. The first kappa shape index (κ1) is 17.7. The number of carbonyl (C=O) groups excluding carboxylic acids is 1. The maximum absolute atomic E-state index is 12.6. The third-order valence-electron chi connectivity index (χ3n) is 5.40. The van der Waals surface area contributed by atoms with Crippen molar-refractivity contribution in [3.8, 4) is 0 Å². The molecule has 142 valence electrons. The average molecular weight is 367 g/mol. The van der Waals surface area contributed by atoms with E-state index in [-0.39, 0.29) is 17.5 Å². The molecule has 3 heterocycles. The van der Waals surface area contributed by atoms with Gasteiger partial charge < -0.3 is 14.8 Å². The third kappa shape index (κ3) is 3.86. The number of anilines is 1. The van der Waals surface area contributed by atoms with E-state index in [1.54, 1.807) is 29.2 Å². The minimum absolute atomic E-state index is 0.0380. The molecule has 0 unspecified atom stereocenters. The first-order valence-corrected chi connectivity index (χ1v) is 9.73. The van der Waals surface area contributed by atoms with Gasteiger partial charge in [-0.25, -0.2) is 4.98 Å². The fourth-order valence-corrected chi connectivity index (χ4v) is 3.60. The van der Waals surface area contributed by atoms with E-state index in [4.69, 9.17) is 0 Å². The largest absolute Gasteiger partial charge is 0.352 e. The first-order chi connectivity index (χ1) is 13.2. The Hall–Kier alpha value is -2.70. The van der Waals surface area contributed by atoms with Gasteiger partial charge in [-0.2, -0.15) is 0 Å². The lowest BCUT2D eigenvalue weighted by Gasteiger charge is -2.32. The van der Waals surface area contributed by atoms with E-state index in [1.165, 1.54) is 12.8 Å². The summed E-state index contributed by atoms with van der Waals surface area (Å²) < 4.78 is 1.66. The van der Waals surface area contributed by atoms with E-state index < -0.39 is 0 Å². The Bertz CT molecular complexity index is 882. The number of aromatic nitrogens is 3. The molecule has 1 amide bonds. The van der Waals surface area contributed by atoms with E-state index in [0.29, 0.717) is 36.9 Å². The molecule has 4 rings (SSSR count). The maximum atomic E-state index is 12.6. The van der Waals surface area contributed by atoms with Crippen LogP contribution in [0.4, 0.5) is 5.82 Å². The van der Waals surface area contributed by atoms with Crippen molar-refractivity contribution in [2.24, 2.45) is 0 Å². The fraction of sp³-hybridized carbons (Fsp3) is 0.500. The number of hydrogen-bond acceptors (Lipinski definition) is 5. The molecule has 0 bridgehead atoms. The number of piperidine rings is 1. The van der Waals surface area contributed by atoms with Crippen molar-refractivity contribution < 1.29 is 4.79 Å². The zero-order valence-electron chi connectivity index (χ0n) is 15.6. The smallest absolute Gasteiger partial charge is 0.293 e. The molecule has 1 aliphatic carbocycles. The molecule has 2 aromatic heterocycles. The summed E-state index contributed by atoms with van der Waals surface area (Å²) in [7, 11) is 0. The van der Waals surface area contributed by atoms with Gasteiger partial charge >= 0.3 is 0 Å². The van der Waals surface area contributed by atoms with Crippen LogP contribution in [0.3, 0.4) is 0 Å². The van der Waals surface area contributed by atoms with Crippen molar-refractivity contribution in [3.63, 3.8) is 0 Å². The Kier molecular flexibility index (Phi) is 4.92. The molecular formula is C20H25N5O2. The topological polar surface area (TPSA) is 80.1 Å². The summed E-state index contributed by atoms with van der Waals surface area (Å²) in [6.45, 7) is 4.01. The van der Waals surface area contributed by atoms with Gasteiger partial charge in [-0.1, -0.05) is 0 Å². The van der Waals surface area contributed by atoms with Crippen LogP contribution < -0.4 is 15.8 Å². The average Bonchev–Trinajstić information content (AvgIpc) is 3.54. The molecule has 2 fully saturated rings. The SMILES string of the molecule is CCn1ccnc(N2CCC(NC(=O)c3ccnc(C4CC4)c3)CC2)c1=O. The summed E-state index contributed by atoms with van der Waals surface area (Å²) in [6.07, 6.45) is 9.06. The van der Waals surface area contributed by atoms with Crippen LogP contribution in [0.1, 0.15) is 54.6 Å². The molecule has 7 heteroatoms. The molecule has 1 saturated heterocycles. The van der Waals surface area contributed by atoms with Gasteiger partial charge in [0.2, 0.25) is 0 Å². The van der Waals surface area contributed by atoms with Gasteiger partial charge in [0.25, 0.3) is 11.5 Å². The monoisotopic (exact) mass is 367 g/mol. The van der Waals surface area contributed by atoms with Crippen molar-refractivity contribution in [2.75, 3.05) is 18.0 Å². The fourth-order valence-electron chi connectivity index (χ4n) is 3.60. The van der Waals surface area contributed by atoms with Crippen LogP contribution in [-0.4, -0.2) is 39.6 Å². The van der Waals surface area contributed by atoms with Gasteiger partial charge in [0.1, 0.15) is 0 Å². The van der Waals surface area contributed by atoms with Crippen molar-refractivity contribution >= 4 is 11.7 Å². The summed E-state index contributed by atoms with van der Waals surface area (Å²) in [5.74, 6) is 1.00. The van der Waals surface area contributed by atoms with Gasteiger partial charge in [-0.05, 0) is 44.7 Å². The molecule has 0 atom stereocenters. The summed E-state index contributed by atoms with van der Waals surface area (Å²) in [5.41, 5.74) is 1.66. The predicted molar refractivity (Wildman–Crippen MR) is 103 cm³/mol. The molecule has 0 spiro atoms. The Balaban J connectivity index is 1.36. The molecule has 0 radical (unpaired) electrons. The highest BCUT2D eigenvalue weighted by Gasteiger charge is 2.27. The summed E-state index contributed by atoms with van der Waals surface area (Å²) in [4.78, 5) is 35.7. The maximum Gasteiger partial charge on any atom is 0.293 e. The van der Waals surface area contributed by atoms with Gasteiger partial charge in [0.15, 0.2) is 5.82 Å². The zero-order chi connectivity index (χ0) is 18.8. The second-order valence-electron chi connectivity index (χ2n) is 7.32. The second-order valence-corrected chi connectivity index (χ2v) is 7.32. The van der Waals surface area contributed by atoms with Crippen molar-refractivity contribution in [3.05, 3.63) is 52.3 Å². The Morgan fingerprint density at radius 2 is 1.96 bits per heavy atom. The lowest BCUT2D eigenvalue weighted by Crippen LogP contribution is -2.46. The van der Waals surface area contributed by atoms with E-state index >= 15 is 0 Å². The van der Waals surface area contributed by atoms with Gasteiger partial charge in [0, 0.05) is 61.4 Å². The van der Waals surface area contributed by atoms with Gasteiger partial charge in [0.05, 0.1) is 0 Å². The summed E-state index contributed by atoms with van der Waals surface area (Å²) in [6, 6.07) is 3.81. The number of rotatable bonds is 5. The van der Waals surface area contributed by atoms with Crippen molar-refractivity contribution in [2.45, 2.75) is 51.1 Å². The molecule has 27 heavy (non-hydrogen) atoms. The van der Waals surface area contributed by atoms with E-state index in [9.17, 15) is 9.59 Å². The Labute approximate surface area is 158 Å². The number of nitrogens with one attached hydrogen (secondary N) is 1. The van der Waals surface area contributed by atoms with Gasteiger partial charge in [-0.3, -0.25) is 14.6 Å². The highest BCUT2D eigenvalue weighted by atomic mass is 16.1. The van der Waals surface area contributed by atoms with Crippen LogP contribution in [0.5, 0.6) is 0 Å². The lowest BCUT2D eigenvalue weighted by molar-refractivity contribution is 0.0931. The zero-order valence-corrected chi connectivity index (χ0v) is 15.6. The Morgan fingerprint density at radius 3 is 2.67 bits per heavy atom. The molecule has 1 N–H and O–H groups in total. The number of amides is 1. The summed E-state index contributed by atoms with van der Waals surface area (Å²) >= 11 is 0. The normalized spacial score (nSPS) is 17.7. The first-order valence-electron chi connectivity index (χ1n) is 9.73. The molecule has 2 aromatic rings. The molecule has 1 saturated carbocycles. The van der Waals surface area contributed by atoms with E-state index in [0.717, 1.165) is 18.5 Å². The lowest BCUT2D eigenvalue weighted by atomic mass is 10.0. The molecule has 1 aliphatic heterocycles. The molecule has 2 aliphatic rings. The van der Waals surface area contributed by atoms with Crippen LogP contribution >= 0.6 is 0 Å². The second kappa shape index (κ2) is 7.50. The molecule has 7 nitrogen and oxygen atoms in total. The predicted octanol–water partition coefficient (Wildman–Crippen LogP) is 1.93. The Morgan fingerprint density at radius 1 is 1.19 bits per heavy atom. The van der Waals surface area contributed by atoms with Crippen LogP contribution in [0.25, 0.3) is 0 Å². The number of nitrogens with zero attached hydrogens (tertiary/aromatic N) is 4. The van der Waals surface area contributed by atoms with Crippen LogP contribution in [-0.2, 0) is 6.54 Å². The van der Waals surface area contributed by atoms with Crippen molar-refractivity contribution in [1.29, 1.82) is 0 Å². The molecule has 0 aromatic carbocycles. The number of pyridine rings is 1. The highest BCUT2D eigenvalue weighted by molar-refractivity contribution is 5.94. The number of hydrogen-bond donors (Lipinski definition) is 1. The quantitative estimate of drug-likeness (QED) is 0.873. The van der Waals surface area contributed by atoms with Crippen LogP contribution in [0.2, 0.25) is 0 Å². The third-order valence-corrected chi connectivity index (χ3v) is 5.40.